The highest BCUT2D eigenvalue weighted by molar-refractivity contribution is 5.97. The molecule has 1 aliphatic heterocycles. The first-order valence-corrected chi connectivity index (χ1v) is 8.96. The van der Waals surface area contributed by atoms with Gasteiger partial charge in [-0.25, -0.2) is 4.98 Å². The molecular weight excluding hydrogens is 326 g/mol. The lowest BCUT2D eigenvalue weighted by Crippen LogP contribution is -2.25. The number of carbonyl (C=O) groups is 1. The van der Waals surface area contributed by atoms with Gasteiger partial charge in [0.2, 0.25) is 5.88 Å². The first-order valence-electron chi connectivity index (χ1n) is 8.96. The van der Waals surface area contributed by atoms with Crippen molar-refractivity contribution in [2.75, 3.05) is 19.0 Å². The van der Waals surface area contributed by atoms with Gasteiger partial charge in [0.05, 0.1) is 7.11 Å². The number of benzene rings is 1. The summed E-state index contributed by atoms with van der Waals surface area (Å²) in [5.41, 5.74) is 5.71. The minimum Gasteiger partial charge on any atom is -0.481 e. The van der Waals surface area contributed by atoms with Crippen molar-refractivity contribution < 1.29 is 9.53 Å². The van der Waals surface area contributed by atoms with E-state index in [1.165, 1.54) is 0 Å². The van der Waals surface area contributed by atoms with Crippen molar-refractivity contribution in [2.45, 2.75) is 33.2 Å². The van der Waals surface area contributed by atoms with Gasteiger partial charge in [-0.15, -0.1) is 0 Å². The number of ether oxygens (including phenoxy) is 1. The van der Waals surface area contributed by atoms with E-state index >= 15 is 0 Å². The van der Waals surface area contributed by atoms with Crippen LogP contribution in [0.4, 0.5) is 5.69 Å². The van der Waals surface area contributed by atoms with Crippen molar-refractivity contribution in [3.8, 4) is 5.88 Å². The standard InChI is InChI=1S/C21H25N3O2/c1-4-22-19-11-7-10-17-16(19)9-6-5-8-15-12-14(2)24-21(26-3)18(15)13-23-20(17)25/h5-7,10-12,22H,4,8-9,13H2,1-3H3,(H,23,25)/b6-5-. The molecule has 136 valence electrons. The van der Waals surface area contributed by atoms with Gasteiger partial charge in [0.15, 0.2) is 0 Å². The Morgan fingerprint density at radius 2 is 2.04 bits per heavy atom. The lowest BCUT2D eigenvalue weighted by molar-refractivity contribution is 0.0950. The molecule has 2 heterocycles. The minimum atomic E-state index is -0.0800. The number of anilines is 1. The molecule has 0 radical (unpaired) electrons. The number of fused-ring (bicyclic) bond motifs is 2. The van der Waals surface area contributed by atoms with E-state index in [0.29, 0.717) is 24.4 Å². The third-order valence-electron chi connectivity index (χ3n) is 4.54. The number of aryl methyl sites for hydroxylation is 1. The monoisotopic (exact) mass is 351 g/mol. The molecule has 0 atom stereocenters. The fraction of sp³-hybridized carbons (Fsp3) is 0.333. The summed E-state index contributed by atoms with van der Waals surface area (Å²) >= 11 is 0. The van der Waals surface area contributed by atoms with Crippen molar-refractivity contribution in [2.24, 2.45) is 0 Å². The highest BCUT2D eigenvalue weighted by Crippen LogP contribution is 2.25. The second-order valence-electron chi connectivity index (χ2n) is 6.33. The van der Waals surface area contributed by atoms with Crippen LogP contribution >= 0.6 is 0 Å². The van der Waals surface area contributed by atoms with Crippen LogP contribution in [0, 0.1) is 6.92 Å². The van der Waals surface area contributed by atoms with E-state index in [-0.39, 0.29) is 5.91 Å². The van der Waals surface area contributed by atoms with Crippen LogP contribution in [0.25, 0.3) is 0 Å². The molecule has 0 bridgehead atoms. The Bertz CT molecular complexity index is 843. The lowest BCUT2D eigenvalue weighted by atomic mass is 10.0. The Hall–Kier alpha value is -2.82. The van der Waals surface area contributed by atoms with E-state index in [2.05, 4.69) is 40.8 Å². The maximum absolute atomic E-state index is 12.8. The smallest absolute Gasteiger partial charge is 0.251 e. The van der Waals surface area contributed by atoms with E-state index in [0.717, 1.165) is 41.0 Å². The van der Waals surface area contributed by atoms with Crippen molar-refractivity contribution in [3.05, 3.63) is 64.4 Å². The Morgan fingerprint density at radius 1 is 1.23 bits per heavy atom. The number of pyridine rings is 1. The normalized spacial score (nSPS) is 15.1. The summed E-state index contributed by atoms with van der Waals surface area (Å²) < 4.78 is 5.45. The van der Waals surface area contributed by atoms with E-state index in [4.69, 9.17) is 4.74 Å². The Labute approximate surface area is 154 Å². The third kappa shape index (κ3) is 3.72. The molecular formula is C21H25N3O2. The molecule has 0 unspecified atom stereocenters. The molecule has 1 aromatic heterocycles. The number of amides is 1. The van der Waals surface area contributed by atoms with Crippen molar-refractivity contribution in [1.82, 2.24) is 10.3 Å². The topological polar surface area (TPSA) is 63.3 Å². The number of rotatable bonds is 3. The van der Waals surface area contributed by atoms with Crippen LogP contribution in [-0.4, -0.2) is 24.5 Å². The predicted molar refractivity (Wildman–Crippen MR) is 104 cm³/mol. The minimum absolute atomic E-state index is 0.0800. The summed E-state index contributed by atoms with van der Waals surface area (Å²) in [5.74, 6) is 0.498. The molecule has 2 N–H and O–H groups in total. The van der Waals surface area contributed by atoms with Crippen molar-refractivity contribution >= 4 is 11.6 Å². The summed E-state index contributed by atoms with van der Waals surface area (Å²) in [7, 11) is 1.61. The molecule has 5 heteroatoms. The van der Waals surface area contributed by atoms with E-state index in [1.807, 2.05) is 25.1 Å². The lowest BCUT2D eigenvalue weighted by Gasteiger charge is -2.16. The molecule has 2 aromatic rings. The largest absolute Gasteiger partial charge is 0.481 e. The van der Waals surface area contributed by atoms with Gasteiger partial charge in [0.1, 0.15) is 0 Å². The Balaban J connectivity index is 2.02. The van der Waals surface area contributed by atoms with Gasteiger partial charge in [-0.2, -0.15) is 0 Å². The zero-order valence-electron chi connectivity index (χ0n) is 15.6. The number of nitrogens with one attached hydrogen (secondary N) is 2. The van der Waals surface area contributed by atoms with Gasteiger partial charge in [-0.1, -0.05) is 18.2 Å². The summed E-state index contributed by atoms with van der Waals surface area (Å²) in [4.78, 5) is 17.3. The Kier molecular flexibility index (Phi) is 5.56. The second kappa shape index (κ2) is 8.04. The summed E-state index contributed by atoms with van der Waals surface area (Å²) in [5, 5.41) is 6.40. The fourth-order valence-electron chi connectivity index (χ4n) is 3.33. The quantitative estimate of drug-likeness (QED) is 0.832. The molecule has 1 aromatic carbocycles. The van der Waals surface area contributed by atoms with Crippen LogP contribution in [0.3, 0.4) is 0 Å². The molecule has 0 fully saturated rings. The highest BCUT2D eigenvalue weighted by atomic mass is 16.5. The summed E-state index contributed by atoms with van der Waals surface area (Å²) in [6.45, 7) is 5.21. The number of allylic oxidation sites excluding steroid dienone is 2. The SMILES string of the molecule is CCNc1cccc2c1C/C=C\Cc1cc(C)nc(OC)c1CNC2=O. The first kappa shape index (κ1) is 18.0. The number of nitrogens with zero attached hydrogens (tertiary/aromatic N) is 1. The van der Waals surface area contributed by atoms with Crippen molar-refractivity contribution in [1.29, 1.82) is 0 Å². The van der Waals surface area contributed by atoms with Crippen LogP contribution in [0.15, 0.2) is 36.4 Å². The van der Waals surface area contributed by atoms with E-state index in [1.54, 1.807) is 7.11 Å². The summed E-state index contributed by atoms with van der Waals surface area (Å²) in [6, 6.07) is 7.87. The molecule has 3 rings (SSSR count). The molecule has 0 saturated carbocycles. The van der Waals surface area contributed by atoms with E-state index < -0.39 is 0 Å². The van der Waals surface area contributed by atoms with Gasteiger partial charge in [-0.05, 0) is 56.0 Å². The highest BCUT2D eigenvalue weighted by Gasteiger charge is 2.17. The molecule has 0 saturated heterocycles. The fourth-order valence-corrected chi connectivity index (χ4v) is 3.33. The van der Waals surface area contributed by atoms with Crippen LogP contribution in [-0.2, 0) is 19.4 Å². The predicted octanol–water partition coefficient (Wildman–Crippen LogP) is 3.42. The summed E-state index contributed by atoms with van der Waals surface area (Å²) in [6.07, 6.45) is 5.77. The van der Waals surface area contributed by atoms with Crippen LogP contribution in [0.2, 0.25) is 0 Å². The zero-order chi connectivity index (χ0) is 18.5. The molecule has 1 aliphatic rings. The van der Waals surface area contributed by atoms with Gasteiger partial charge in [-0.3, -0.25) is 4.79 Å². The van der Waals surface area contributed by atoms with Crippen LogP contribution in [0.5, 0.6) is 5.88 Å². The molecule has 0 aliphatic carbocycles. The number of hydrogen-bond donors (Lipinski definition) is 2. The maximum Gasteiger partial charge on any atom is 0.251 e. The van der Waals surface area contributed by atoms with Crippen LogP contribution in [0.1, 0.15) is 39.7 Å². The maximum atomic E-state index is 12.8. The number of carbonyl (C=O) groups excluding carboxylic acids is 1. The van der Waals surface area contributed by atoms with Gasteiger partial charge in [0.25, 0.3) is 5.91 Å². The molecule has 1 amide bonds. The van der Waals surface area contributed by atoms with Crippen molar-refractivity contribution in [3.63, 3.8) is 0 Å². The van der Waals surface area contributed by atoms with Crippen LogP contribution < -0.4 is 15.4 Å². The van der Waals surface area contributed by atoms with Gasteiger partial charge in [0, 0.05) is 35.6 Å². The zero-order valence-corrected chi connectivity index (χ0v) is 15.6. The molecule has 5 nitrogen and oxygen atoms in total. The average molecular weight is 351 g/mol. The van der Waals surface area contributed by atoms with E-state index in [9.17, 15) is 4.79 Å². The second-order valence-corrected chi connectivity index (χ2v) is 6.33. The number of methoxy groups -OCH3 is 1. The first-order chi connectivity index (χ1) is 12.6. The van der Waals surface area contributed by atoms with Gasteiger partial charge < -0.3 is 15.4 Å². The van der Waals surface area contributed by atoms with Gasteiger partial charge >= 0.3 is 0 Å². The third-order valence-corrected chi connectivity index (χ3v) is 4.54. The Morgan fingerprint density at radius 3 is 2.81 bits per heavy atom. The molecule has 26 heavy (non-hydrogen) atoms. The number of aromatic nitrogens is 1. The number of hydrogen-bond acceptors (Lipinski definition) is 4. The molecule has 0 spiro atoms. The average Bonchev–Trinajstić information content (AvgIpc) is 2.66.